The Morgan fingerprint density at radius 1 is 1.11 bits per heavy atom. The molecule has 0 amide bonds. The molecule has 0 aromatic carbocycles. The Bertz CT molecular complexity index is 521. The van der Waals surface area contributed by atoms with Gasteiger partial charge in [0.25, 0.3) is 0 Å². The number of rotatable bonds is 4. The molecule has 0 spiro atoms. The lowest BCUT2D eigenvalue weighted by atomic mass is 10.1. The fraction of sp³-hybridized carbons (Fsp3) is 0.333. The van der Waals surface area contributed by atoms with E-state index in [1.807, 2.05) is 31.3 Å². The van der Waals surface area contributed by atoms with E-state index in [0.29, 0.717) is 0 Å². The van der Waals surface area contributed by atoms with Gasteiger partial charge in [-0.3, -0.25) is 4.98 Å². The zero-order valence-corrected chi connectivity index (χ0v) is 11.2. The van der Waals surface area contributed by atoms with Crippen LogP contribution in [0.15, 0.2) is 36.5 Å². The van der Waals surface area contributed by atoms with Crippen LogP contribution < -0.4 is 4.90 Å². The first kappa shape index (κ1) is 12.6. The van der Waals surface area contributed by atoms with Gasteiger partial charge in [-0.05, 0) is 36.2 Å². The first-order valence-electron chi connectivity index (χ1n) is 6.26. The van der Waals surface area contributed by atoms with Gasteiger partial charge in [-0.25, -0.2) is 4.98 Å². The van der Waals surface area contributed by atoms with Crippen molar-refractivity contribution in [3.63, 3.8) is 0 Å². The predicted octanol–water partition coefficient (Wildman–Crippen LogP) is 2.70. The van der Waals surface area contributed by atoms with Crippen LogP contribution in [0.4, 0.5) is 5.82 Å². The molecule has 18 heavy (non-hydrogen) atoms. The summed E-state index contributed by atoms with van der Waals surface area (Å²) < 4.78 is 0. The molecule has 94 valence electrons. The molecule has 2 aromatic rings. The normalized spacial score (nSPS) is 10.4. The molecule has 0 saturated carbocycles. The van der Waals surface area contributed by atoms with Gasteiger partial charge in [-0.15, -0.1) is 0 Å². The van der Waals surface area contributed by atoms with E-state index < -0.39 is 0 Å². The lowest BCUT2D eigenvalue weighted by molar-refractivity contribution is 0.966. The maximum atomic E-state index is 4.63. The maximum Gasteiger partial charge on any atom is 0.128 e. The predicted molar refractivity (Wildman–Crippen MR) is 75.0 cm³/mol. The Hall–Kier alpha value is -1.90. The Balaban J connectivity index is 2.20. The number of anilines is 1. The topological polar surface area (TPSA) is 29.0 Å². The molecule has 2 heterocycles. The monoisotopic (exact) mass is 241 g/mol. The average molecular weight is 241 g/mol. The summed E-state index contributed by atoms with van der Waals surface area (Å²) in [6.07, 6.45) is 3.69. The first-order valence-corrected chi connectivity index (χ1v) is 6.26. The summed E-state index contributed by atoms with van der Waals surface area (Å²) in [5, 5.41) is 0. The minimum absolute atomic E-state index is 0.858. The van der Waals surface area contributed by atoms with Gasteiger partial charge < -0.3 is 4.90 Å². The van der Waals surface area contributed by atoms with E-state index >= 15 is 0 Å². The lowest BCUT2D eigenvalue weighted by Crippen LogP contribution is -2.10. The van der Waals surface area contributed by atoms with E-state index in [-0.39, 0.29) is 0 Å². The van der Waals surface area contributed by atoms with Crippen LogP contribution >= 0.6 is 0 Å². The summed E-state index contributed by atoms with van der Waals surface area (Å²) in [7, 11) is 4.00. The zero-order chi connectivity index (χ0) is 13.0. The minimum Gasteiger partial charge on any atom is -0.363 e. The van der Waals surface area contributed by atoms with Crippen molar-refractivity contribution in [3.8, 4) is 0 Å². The molecule has 3 heteroatoms. The average Bonchev–Trinajstić information content (AvgIpc) is 2.39. The number of pyridine rings is 2. The third-order valence-electron chi connectivity index (χ3n) is 2.88. The molecule has 0 fully saturated rings. The Labute approximate surface area is 109 Å². The Kier molecular flexibility index (Phi) is 3.92. The van der Waals surface area contributed by atoms with Crippen molar-refractivity contribution >= 4 is 5.82 Å². The molecule has 0 atom stereocenters. The Morgan fingerprint density at radius 3 is 2.61 bits per heavy atom. The molecular weight excluding hydrogens is 222 g/mol. The van der Waals surface area contributed by atoms with Crippen molar-refractivity contribution in [3.05, 3.63) is 53.5 Å². The van der Waals surface area contributed by atoms with Gasteiger partial charge in [0.2, 0.25) is 0 Å². The highest BCUT2D eigenvalue weighted by molar-refractivity contribution is 5.40. The molecule has 0 N–H and O–H groups in total. The molecule has 3 nitrogen and oxygen atoms in total. The number of hydrogen-bond acceptors (Lipinski definition) is 3. The largest absolute Gasteiger partial charge is 0.363 e. The second kappa shape index (κ2) is 5.63. The van der Waals surface area contributed by atoms with Crippen LogP contribution in [0.3, 0.4) is 0 Å². The van der Waals surface area contributed by atoms with Gasteiger partial charge >= 0.3 is 0 Å². The molecular formula is C15H19N3. The van der Waals surface area contributed by atoms with E-state index in [1.54, 1.807) is 0 Å². The smallest absolute Gasteiger partial charge is 0.128 e. The quantitative estimate of drug-likeness (QED) is 0.824. The summed E-state index contributed by atoms with van der Waals surface area (Å²) in [5.41, 5.74) is 3.51. The van der Waals surface area contributed by atoms with Crippen LogP contribution in [-0.2, 0) is 12.8 Å². The summed E-state index contributed by atoms with van der Waals surface area (Å²) in [6, 6.07) is 10.4. The molecule has 0 aliphatic carbocycles. The number of aromatic nitrogens is 2. The van der Waals surface area contributed by atoms with Crippen LogP contribution in [0.5, 0.6) is 0 Å². The standard InChI is InChI=1S/C15H19N3/c1-4-13-6-5-7-14(17-13)10-12-8-9-16-15(11-12)18(2)3/h5-9,11H,4,10H2,1-3H3. The molecule has 0 radical (unpaired) electrons. The van der Waals surface area contributed by atoms with E-state index in [9.17, 15) is 0 Å². The SMILES string of the molecule is CCc1cccc(Cc2ccnc(N(C)C)c2)n1. The highest BCUT2D eigenvalue weighted by Gasteiger charge is 2.02. The van der Waals surface area contributed by atoms with Crippen molar-refractivity contribution in [2.75, 3.05) is 19.0 Å². The summed E-state index contributed by atoms with van der Waals surface area (Å²) in [4.78, 5) is 11.0. The van der Waals surface area contributed by atoms with Crippen LogP contribution in [0, 0.1) is 0 Å². The number of hydrogen-bond donors (Lipinski definition) is 0. The van der Waals surface area contributed by atoms with Gasteiger partial charge in [0.15, 0.2) is 0 Å². The Morgan fingerprint density at radius 2 is 1.89 bits per heavy atom. The number of aryl methyl sites for hydroxylation is 1. The van der Waals surface area contributed by atoms with Crippen LogP contribution in [0.1, 0.15) is 23.9 Å². The van der Waals surface area contributed by atoms with Gasteiger partial charge in [0.05, 0.1) is 0 Å². The molecule has 0 unspecified atom stereocenters. The van der Waals surface area contributed by atoms with Crippen LogP contribution in [0.25, 0.3) is 0 Å². The van der Waals surface area contributed by atoms with E-state index in [1.165, 1.54) is 5.56 Å². The zero-order valence-electron chi connectivity index (χ0n) is 11.2. The van der Waals surface area contributed by atoms with Gasteiger partial charge in [0, 0.05) is 38.1 Å². The second-order valence-corrected chi connectivity index (χ2v) is 4.57. The van der Waals surface area contributed by atoms with Gasteiger partial charge in [0.1, 0.15) is 5.82 Å². The van der Waals surface area contributed by atoms with Crippen molar-refractivity contribution in [1.29, 1.82) is 0 Å². The molecule has 0 aliphatic rings. The van der Waals surface area contributed by atoms with E-state index in [0.717, 1.165) is 30.0 Å². The molecule has 0 saturated heterocycles. The highest BCUT2D eigenvalue weighted by Crippen LogP contribution is 2.13. The van der Waals surface area contributed by atoms with E-state index in [2.05, 4.69) is 41.2 Å². The maximum absolute atomic E-state index is 4.63. The van der Waals surface area contributed by atoms with Crippen molar-refractivity contribution in [2.45, 2.75) is 19.8 Å². The van der Waals surface area contributed by atoms with Gasteiger partial charge in [-0.2, -0.15) is 0 Å². The molecule has 2 rings (SSSR count). The summed E-state index contributed by atoms with van der Waals surface area (Å²) in [5.74, 6) is 0.985. The first-order chi connectivity index (χ1) is 8.69. The third-order valence-corrected chi connectivity index (χ3v) is 2.88. The summed E-state index contributed by atoms with van der Waals surface area (Å²) in [6.45, 7) is 2.13. The van der Waals surface area contributed by atoms with Crippen LogP contribution in [0.2, 0.25) is 0 Å². The number of nitrogens with zero attached hydrogens (tertiary/aromatic N) is 3. The molecule has 0 bridgehead atoms. The third kappa shape index (κ3) is 3.06. The fourth-order valence-electron chi connectivity index (χ4n) is 1.85. The summed E-state index contributed by atoms with van der Waals surface area (Å²) >= 11 is 0. The van der Waals surface area contributed by atoms with E-state index in [4.69, 9.17) is 0 Å². The van der Waals surface area contributed by atoms with Crippen LogP contribution in [-0.4, -0.2) is 24.1 Å². The van der Waals surface area contributed by atoms with Crippen molar-refractivity contribution in [1.82, 2.24) is 9.97 Å². The second-order valence-electron chi connectivity index (χ2n) is 4.57. The minimum atomic E-state index is 0.858. The van der Waals surface area contributed by atoms with Crippen molar-refractivity contribution < 1.29 is 0 Å². The molecule has 0 aliphatic heterocycles. The lowest BCUT2D eigenvalue weighted by Gasteiger charge is -2.12. The van der Waals surface area contributed by atoms with Crippen molar-refractivity contribution in [2.24, 2.45) is 0 Å². The molecule has 2 aromatic heterocycles. The van der Waals surface area contributed by atoms with Gasteiger partial charge in [-0.1, -0.05) is 13.0 Å². The highest BCUT2D eigenvalue weighted by atomic mass is 15.1. The fourth-order valence-corrected chi connectivity index (χ4v) is 1.85.